The molecule has 0 aliphatic rings. The van der Waals surface area contributed by atoms with Crippen LogP contribution >= 0.6 is 0 Å². The van der Waals surface area contributed by atoms with Crippen molar-refractivity contribution in [3.05, 3.63) is 0 Å². The van der Waals surface area contributed by atoms with E-state index in [0.717, 1.165) is 6.42 Å². The van der Waals surface area contributed by atoms with Crippen LogP contribution in [0.5, 0.6) is 0 Å². The van der Waals surface area contributed by atoms with Crippen LogP contribution in [0.15, 0.2) is 0 Å². The van der Waals surface area contributed by atoms with Gasteiger partial charge < -0.3 is 10.6 Å². The summed E-state index contributed by atoms with van der Waals surface area (Å²) in [6, 6.07) is -0.223. The van der Waals surface area contributed by atoms with E-state index in [1.807, 2.05) is 13.8 Å². The summed E-state index contributed by atoms with van der Waals surface area (Å²) < 4.78 is 0. The van der Waals surface area contributed by atoms with Gasteiger partial charge in [-0.15, -0.1) is 6.42 Å². The van der Waals surface area contributed by atoms with Crippen LogP contribution in [0.2, 0.25) is 0 Å². The average molecular weight is 168 g/mol. The monoisotopic (exact) mass is 168 g/mol. The van der Waals surface area contributed by atoms with Gasteiger partial charge in [0.1, 0.15) is 0 Å². The zero-order valence-electron chi connectivity index (χ0n) is 7.85. The Hall–Kier alpha value is -1.17. The van der Waals surface area contributed by atoms with Gasteiger partial charge in [0.15, 0.2) is 0 Å². The molecule has 0 aliphatic carbocycles. The topological polar surface area (TPSA) is 41.1 Å². The van der Waals surface area contributed by atoms with Gasteiger partial charge in [0.05, 0.1) is 6.04 Å². The van der Waals surface area contributed by atoms with Crippen molar-refractivity contribution in [2.24, 2.45) is 0 Å². The Bertz CT molecular complexity index is 183. The fraction of sp³-hybridized carbons (Fsp3) is 0.667. The minimum atomic E-state index is -0.214. The van der Waals surface area contributed by atoms with E-state index in [9.17, 15) is 4.79 Å². The summed E-state index contributed by atoms with van der Waals surface area (Å²) in [5.41, 5.74) is 0. The zero-order chi connectivity index (χ0) is 9.56. The lowest BCUT2D eigenvalue weighted by Gasteiger charge is -2.13. The molecule has 2 amide bonds. The highest BCUT2D eigenvalue weighted by molar-refractivity contribution is 5.74. The Balaban J connectivity index is 3.68. The number of hydrogen-bond donors (Lipinski definition) is 2. The molecule has 0 radical (unpaired) electrons. The van der Waals surface area contributed by atoms with Crippen LogP contribution in [0.1, 0.15) is 27.2 Å². The van der Waals surface area contributed by atoms with Crippen molar-refractivity contribution in [2.75, 3.05) is 0 Å². The molecule has 0 saturated heterocycles. The first kappa shape index (κ1) is 10.8. The highest BCUT2D eigenvalue weighted by atomic mass is 16.2. The van der Waals surface area contributed by atoms with Crippen molar-refractivity contribution in [1.29, 1.82) is 0 Å². The summed E-state index contributed by atoms with van der Waals surface area (Å²) in [4.78, 5) is 11.1. The third-order valence-electron chi connectivity index (χ3n) is 1.59. The van der Waals surface area contributed by atoms with Crippen molar-refractivity contribution >= 4 is 6.03 Å². The Morgan fingerprint density at radius 3 is 2.50 bits per heavy atom. The zero-order valence-corrected chi connectivity index (χ0v) is 7.85. The molecule has 0 bridgehead atoms. The third-order valence-corrected chi connectivity index (χ3v) is 1.59. The van der Waals surface area contributed by atoms with Crippen LogP contribution in [-0.4, -0.2) is 18.1 Å². The first-order valence-corrected chi connectivity index (χ1v) is 4.13. The van der Waals surface area contributed by atoms with Crippen molar-refractivity contribution in [1.82, 2.24) is 10.6 Å². The van der Waals surface area contributed by atoms with Crippen molar-refractivity contribution in [3.8, 4) is 12.3 Å². The molecular formula is C9H16N2O. The highest BCUT2D eigenvalue weighted by Gasteiger charge is 2.05. The van der Waals surface area contributed by atoms with E-state index < -0.39 is 0 Å². The largest absolute Gasteiger partial charge is 0.336 e. The van der Waals surface area contributed by atoms with Gasteiger partial charge in [-0.05, 0) is 20.3 Å². The van der Waals surface area contributed by atoms with E-state index in [0.29, 0.717) is 0 Å². The first-order chi connectivity index (χ1) is 5.60. The second-order valence-electron chi connectivity index (χ2n) is 2.82. The molecule has 0 aliphatic heterocycles. The van der Waals surface area contributed by atoms with Crippen LogP contribution < -0.4 is 10.6 Å². The Morgan fingerprint density at radius 1 is 1.50 bits per heavy atom. The Kier molecular flexibility index (Phi) is 4.94. The molecule has 0 saturated carbocycles. The Morgan fingerprint density at radius 2 is 2.08 bits per heavy atom. The number of nitrogens with one attached hydrogen (secondary N) is 2. The summed E-state index contributed by atoms with van der Waals surface area (Å²) in [5.74, 6) is 2.42. The molecule has 0 rings (SSSR count). The van der Waals surface area contributed by atoms with Crippen LogP contribution in [0.3, 0.4) is 0 Å². The molecule has 0 aromatic heterocycles. The average Bonchev–Trinajstić information content (AvgIpc) is 2.03. The van der Waals surface area contributed by atoms with E-state index in [1.54, 1.807) is 6.92 Å². The molecule has 0 heterocycles. The van der Waals surface area contributed by atoms with E-state index >= 15 is 0 Å². The van der Waals surface area contributed by atoms with Crippen molar-refractivity contribution in [2.45, 2.75) is 39.3 Å². The molecule has 68 valence electrons. The summed E-state index contributed by atoms with van der Waals surface area (Å²) in [5, 5.41) is 5.36. The molecule has 0 aromatic carbocycles. The molecule has 3 nitrogen and oxygen atoms in total. The molecule has 2 atom stereocenters. The molecular weight excluding hydrogens is 152 g/mol. The number of carbonyl (C=O) groups is 1. The maximum absolute atomic E-state index is 11.1. The van der Waals surface area contributed by atoms with Gasteiger partial charge in [-0.2, -0.15) is 0 Å². The normalized spacial score (nSPS) is 14.2. The van der Waals surface area contributed by atoms with Gasteiger partial charge >= 0.3 is 6.03 Å². The smallest absolute Gasteiger partial charge is 0.315 e. The molecule has 3 heteroatoms. The fourth-order valence-corrected chi connectivity index (χ4v) is 0.606. The molecule has 2 unspecified atom stereocenters. The number of terminal acetylenes is 1. The predicted octanol–water partition coefficient (Wildman–Crippen LogP) is 1.11. The number of rotatable bonds is 3. The quantitative estimate of drug-likeness (QED) is 0.609. The van der Waals surface area contributed by atoms with Crippen LogP contribution in [0.4, 0.5) is 4.79 Å². The highest BCUT2D eigenvalue weighted by Crippen LogP contribution is 1.87. The van der Waals surface area contributed by atoms with Gasteiger partial charge in [0, 0.05) is 6.04 Å². The lowest BCUT2D eigenvalue weighted by molar-refractivity contribution is 0.236. The first-order valence-electron chi connectivity index (χ1n) is 4.13. The molecule has 0 spiro atoms. The van der Waals surface area contributed by atoms with E-state index in [2.05, 4.69) is 16.6 Å². The standard InChI is InChI=1S/C9H16N2O/c1-5-7(3)10-9(12)11-8(4)6-2/h1,7-8H,6H2,2-4H3,(H2,10,11,12). The van der Waals surface area contributed by atoms with Gasteiger partial charge in [0.2, 0.25) is 0 Å². The van der Waals surface area contributed by atoms with Crippen LogP contribution in [-0.2, 0) is 0 Å². The van der Waals surface area contributed by atoms with E-state index in [1.165, 1.54) is 0 Å². The minimum absolute atomic E-state index is 0.190. The van der Waals surface area contributed by atoms with Crippen molar-refractivity contribution < 1.29 is 4.79 Å². The fourth-order valence-electron chi connectivity index (χ4n) is 0.606. The van der Waals surface area contributed by atoms with Crippen LogP contribution in [0.25, 0.3) is 0 Å². The molecule has 0 fully saturated rings. The lowest BCUT2D eigenvalue weighted by atomic mass is 10.3. The predicted molar refractivity (Wildman–Crippen MR) is 49.7 cm³/mol. The number of urea groups is 1. The molecule has 2 N–H and O–H groups in total. The van der Waals surface area contributed by atoms with Gasteiger partial charge in [0.25, 0.3) is 0 Å². The summed E-state index contributed by atoms with van der Waals surface area (Å²) in [6.07, 6.45) is 6.01. The van der Waals surface area contributed by atoms with E-state index in [4.69, 9.17) is 6.42 Å². The second-order valence-corrected chi connectivity index (χ2v) is 2.82. The molecule has 12 heavy (non-hydrogen) atoms. The summed E-state index contributed by atoms with van der Waals surface area (Å²) in [7, 11) is 0. The van der Waals surface area contributed by atoms with Gasteiger partial charge in [-0.25, -0.2) is 4.79 Å². The van der Waals surface area contributed by atoms with Gasteiger partial charge in [-0.3, -0.25) is 0 Å². The maximum atomic E-state index is 11.1. The van der Waals surface area contributed by atoms with Crippen molar-refractivity contribution in [3.63, 3.8) is 0 Å². The number of hydrogen-bond acceptors (Lipinski definition) is 1. The lowest BCUT2D eigenvalue weighted by Crippen LogP contribution is -2.43. The van der Waals surface area contributed by atoms with E-state index in [-0.39, 0.29) is 18.1 Å². The number of amides is 2. The molecule has 0 aromatic rings. The summed E-state index contributed by atoms with van der Waals surface area (Å²) in [6.45, 7) is 5.71. The minimum Gasteiger partial charge on any atom is -0.336 e. The summed E-state index contributed by atoms with van der Waals surface area (Å²) >= 11 is 0. The second kappa shape index (κ2) is 5.48. The van der Waals surface area contributed by atoms with Crippen LogP contribution in [0, 0.1) is 12.3 Å². The number of carbonyl (C=O) groups excluding carboxylic acids is 1. The van der Waals surface area contributed by atoms with Gasteiger partial charge in [-0.1, -0.05) is 12.8 Å². The Labute approximate surface area is 73.9 Å². The SMILES string of the molecule is C#CC(C)NC(=O)NC(C)CC. The third kappa shape index (κ3) is 4.62. The maximum Gasteiger partial charge on any atom is 0.315 e.